The largest absolute Gasteiger partial charge is 0.444 e. The van der Waals surface area contributed by atoms with Crippen LogP contribution in [0.25, 0.3) is 0 Å². The Balaban J connectivity index is 1.78. The van der Waals surface area contributed by atoms with Gasteiger partial charge in [-0.2, -0.15) is 0 Å². The molecule has 1 aromatic rings. The molecule has 3 heterocycles. The lowest BCUT2D eigenvalue weighted by Gasteiger charge is -2.60. The van der Waals surface area contributed by atoms with E-state index in [-0.39, 0.29) is 24.1 Å². The summed E-state index contributed by atoms with van der Waals surface area (Å²) in [6.45, 7) is 10.8. The summed E-state index contributed by atoms with van der Waals surface area (Å²) in [7, 11) is 0. The lowest BCUT2D eigenvalue weighted by Crippen LogP contribution is -2.68. The normalized spacial score (nSPS) is 22.5. The van der Waals surface area contributed by atoms with Gasteiger partial charge in [0.05, 0.1) is 11.5 Å². The van der Waals surface area contributed by atoms with Crippen molar-refractivity contribution >= 4 is 12.0 Å². The minimum absolute atomic E-state index is 0.0319. The van der Waals surface area contributed by atoms with Crippen LogP contribution in [0.3, 0.4) is 0 Å². The van der Waals surface area contributed by atoms with Gasteiger partial charge in [-0.25, -0.2) is 4.79 Å². The zero-order valence-electron chi connectivity index (χ0n) is 16.4. The molecule has 0 N–H and O–H groups in total. The molecule has 1 spiro atoms. The first kappa shape index (κ1) is 18.7. The van der Waals surface area contributed by atoms with Crippen LogP contribution in [0.4, 0.5) is 4.79 Å². The predicted molar refractivity (Wildman–Crippen MR) is 98.4 cm³/mol. The Hall–Kier alpha value is -2.11. The van der Waals surface area contributed by atoms with Gasteiger partial charge in [-0.15, -0.1) is 0 Å². The van der Waals surface area contributed by atoms with Crippen molar-refractivity contribution in [1.82, 2.24) is 14.8 Å². The van der Waals surface area contributed by atoms with Crippen molar-refractivity contribution in [3.8, 4) is 0 Å². The molecule has 0 saturated carbocycles. The second kappa shape index (κ2) is 6.56. The van der Waals surface area contributed by atoms with Gasteiger partial charge >= 0.3 is 6.09 Å². The Kier molecular flexibility index (Phi) is 4.71. The number of β-lactam (4-membered cyclic amide) rings is 1. The van der Waals surface area contributed by atoms with Crippen LogP contribution in [-0.4, -0.2) is 51.5 Å². The molecule has 26 heavy (non-hydrogen) atoms. The van der Waals surface area contributed by atoms with E-state index in [1.165, 1.54) is 0 Å². The zero-order chi connectivity index (χ0) is 19.1. The summed E-state index contributed by atoms with van der Waals surface area (Å²) in [5.41, 5.74) is 0.142. The van der Waals surface area contributed by atoms with Crippen molar-refractivity contribution in [1.29, 1.82) is 0 Å². The molecule has 2 aliphatic heterocycles. The molecule has 3 rings (SSSR count). The summed E-state index contributed by atoms with van der Waals surface area (Å²) in [6, 6.07) is 4.13. The van der Waals surface area contributed by atoms with E-state index in [0.29, 0.717) is 25.9 Å². The van der Waals surface area contributed by atoms with Crippen molar-refractivity contribution in [2.75, 3.05) is 13.1 Å². The van der Waals surface area contributed by atoms with E-state index < -0.39 is 11.0 Å². The van der Waals surface area contributed by atoms with Crippen LogP contribution in [0, 0.1) is 5.41 Å². The van der Waals surface area contributed by atoms with E-state index in [9.17, 15) is 9.59 Å². The fraction of sp³-hybridized carbons (Fsp3) is 0.650. The van der Waals surface area contributed by atoms with Gasteiger partial charge in [0.2, 0.25) is 5.91 Å². The molecule has 0 aliphatic carbocycles. The number of likely N-dealkylation sites (tertiary alicyclic amines) is 2. The average Bonchev–Trinajstić information content (AvgIpc) is 2.58. The highest BCUT2D eigenvalue weighted by molar-refractivity contribution is 5.91. The fourth-order valence-electron chi connectivity index (χ4n) is 4.14. The van der Waals surface area contributed by atoms with Crippen molar-refractivity contribution in [2.45, 2.75) is 65.1 Å². The highest BCUT2D eigenvalue weighted by atomic mass is 16.6. The third kappa shape index (κ3) is 3.17. The first-order valence-corrected chi connectivity index (χ1v) is 9.36. The number of hydrogen-bond donors (Lipinski definition) is 0. The Bertz CT molecular complexity index is 673. The first-order valence-electron chi connectivity index (χ1n) is 9.36. The summed E-state index contributed by atoms with van der Waals surface area (Å²) >= 11 is 0. The van der Waals surface area contributed by atoms with Gasteiger partial charge < -0.3 is 14.5 Å². The Morgan fingerprint density at radius 2 is 1.96 bits per heavy atom. The maximum Gasteiger partial charge on any atom is 0.410 e. The average molecular weight is 359 g/mol. The van der Waals surface area contributed by atoms with Crippen LogP contribution in [0.2, 0.25) is 0 Å². The highest BCUT2D eigenvalue weighted by Gasteiger charge is 2.62. The summed E-state index contributed by atoms with van der Waals surface area (Å²) in [4.78, 5) is 33.3. The number of hydrogen-bond acceptors (Lipinski definition) is 4. The molecule has 1 atom stereocenters. The minimum Gasteiger partial charge on any atom is -0.444 e. The van der Waals surface area contributed by atoms with Crippen LogP contribution < -0.4 is 0 Å². The molecule has 1 unspecified atom stereocenters. The van der Waals surface area contributed by atoms with Crippen molar-refractivity contribution < 1.29 is 14.3 Å². The second-order valence-corrected chi connectivity index (χ2v) is 8.62. The van der Waals surface area contributed by atoms with E-state index in [4.69, 9.17) is 4.74 Å². The van der Waals surface area contributed by atoms with Gasteiger partial charge in [0.15, 0.2) is 0 Å². The molecule has 2 aliphatic rings. The summed E-state index contributed by atoms with van der Waals surface area (Å²) in [5, 5.41) is 0. The molecule has 142 valence electrons. The molecule has 1 aromatic heterocycles. The van der Waals surface area contributed by atoms with Crippen molar-refractivity contribution in [3.63, 3.8) is 0 Å². The van der Waals surface area contributed by atoms with Gasteiger partial charge in [-0.3, -0.25) is 9.78 Å². The van der Waals surface area contributed by atoms with Gasteiger partial charge in [-0.05, 0) is 59.1 Å². The van der Waals surface area contributed by atoms with Crippen LogP contribution in [0.5, 0.6) is 0 Å². The highest BCUT2D eigenvalue weighted by Crippen LogP contribution is 2.56. The SMILES string of the molecule is CC(C)N1C(=O)C2(CCN(C(=O)OC(C)(C)C)CC2)C1c1cccnc1. The van der Waals surface area contributed by atoms with Crippen molar-refractivity contribution in [2.24, 2.45) is 5.41 Å². The molecular weight excluding hydrogens is 330 g/mol. The second-order valence-electron chi connectivity index (χ2n) is 8.62. The lowest BCUT2D eigenvalue weighted by atomic mass is 9.62. The van der Waals surface area contributed by atoms with Crippen LogP contribution in [0.15, 0.2) is 24.5 Å². The molecule has 2 saturated heterocycles. The number of nitrogens with zero attached hydrogens (tertiary/aromatic N) is 3. The zero-order valence-corrected chi connectivity index (χ0v) is 16.4. The molecular formula is C20H29N3O3. The first-order chi connectivity index (χ1) is 12.2. The van der Waals surface area contributed by atoms with Crippen LogP contribution in [-0.2, 0) is 9.53 Å². The lowest BCUT2D eigenvalue weighted by molar-refractivity contribution is -0.184. The number of rotatable bonds is 2. The van der Waals surface area contributed by atoms with E-state index in [1.54, 1.807) is 11.1 Å². The standard InChI is InChI=1S/C20H29N3O3/c1-14(2)23-16(15-7-6-10-21-13-15)20(17(23)24)8-11-22(12-9-20)18(25)26-19(3,4)5/h6-7,10,13-14,16H,8-9,11-12H2,1-5H3. The van der Waals surface area contributed by atoms with E-state index in [1.807, 2.05) is 57.8 Å². The number of carbonyl (C=O) groups is 2. The van der Waals surface area contributed by atoms with E-state index >= 15 is 0 Å². The molecule has 0 aromatic carbocycles. The number of ether oxygens (including phenoxy) is 1. The van der Waals surface area contributed by atoms with Crippen LogP contribution >= 0.6 is 0 Å². The maximum atomic E-state index is 13.0. The molecule has 2 amide bonds. The molecule has 0 radical (unpaired) electrons. The molecule has 0 bridgehead atoms. The third-order valence-corrected chi connectivity index (χ3v) is 5.33. The molecule has 6 nitrogen and oxygen atoms in total. The number of aromatic nitrogens is 1. The minimum atomic E-state index is -0.509. The topological polar surface area (TPSA) is 62.7 Å². The summed E-state index contributed by atoms with van der Waals surface area (Å²) < 4.78 is 5.48. The fourth-order valence-corrected chi connectivity index (χ4v) is 4.14. The number of pyridine rings is 1. The number of piperidine rings is 1. The smallest absolute Gasteiger partial charge is 0.410 e. The summed E-state index contributed by atoms with van der Waals surface area (Å²) in [5.74, 6) is 0.199. The quantitative estimate of drug-likeness (QED) is 0.760. The maximum absolute atomic E-state index is 13.0. The number of carbonyl (C=O) groups excluding carboxylic acids is 2. The Morgan fingerprint density at radius 1 is 1.31 bits per heavy atom. The van der Waals surface area contributed by atoms with E-state index in [2.05, 4.69) is 4.98 Å². The third-order valence-electron chi connectivity index (χ3n) is 5.33. The predicted octanol–water partition coefficient (Wildman–Crippen LogP) is 3.39. The summed E-state index contributed by atoms with van der Waals surface area (Å²) in [6.07, 6.45) is 4.63. The van der Waals surface area contributed by atoms with Gasteiger partial charge in [0.25, 0.3) is 0 Å². The monoisotopic (exact) mass is 359 g/mol. The molecule has 2 fully saturated rings. The number of amides is 2. The Morgan fingerprint density at radius 3 is 2.46 bits per heavy atom. The van der Waals surface area contributed by atoms with Crippen LogP contribution in [0.1, 0.15) is 59.1 Å². The Labute approximate surface area is 155 Å². The van der Waals surface area contributed by atoms with Gasteiger partial charge in [0.1, 0.15) is 5.60 Å². The van der Waals surface area contributed by atoms with Gasteiger partial charge in [0, 0.05) is 31.5 Å². The molecule has 6 heteroatoms. The van der Waals surface area contributed by atoms with E-state index in [0.717, 1.165) is 5.56 Å². The van der Waals surface area contributed by atoms with Crippen molar-refractivity contribution in [3.05, 3.63) is 30.1 Å². The van der Waals surface area contributed by atoms with Gasteiger partial charge in [-0.1, -0.05) is 6.07 Å².